The third-order valence-corrected chi connectivity index (χ3v) is 5.79. The molecule has 152 valence electrons. The number of nitrogens with two attached hydrogens (primary N) is 1. The van der Waals surface area contributed by atoms with Gasteiger partial charge in [-0.15, -0.1) is 0 Å². The highest BCUT2D eigenvalue weighted by molar-refractivity contribution is 5.81. The summed E-state index contributed by atoms with van der Waals surface area (Å²) < 4.78 is 19.5. The lowest BCUT2D eigenvalue weighted by atomic mass is 10.1. The molecule has 0 bridgehead atoms. The van der Waals surface area contributed by atoms with E-state index in [1.807, 2.05) is 12.1 Å². The number of aliphatic hydroxyl groups is 1. The van der Waals surface area contributed by atoms with Crippen LogP contribution in [0.1, 0.15) is 29.9 Å². The van der Waals surface area contributed by atoms with Crippen LogP contribution in [0.15, 0.2) is 36.9 Å². The number of aliphatic hydroxyl groups excluding tert-OH is 1. The summed E-state index contributed by atoms with van der Waals surface area (Å²) in [4.78, 5) is 12.5. The predicted molar refractivity (Wildman–Crippen MR) is 104 cm³/mol. The molecule has 3 aromatic rings. The third-order valence-electron chi connectivity index (χ3n) is 5.79. The Bertz CT molecular complexity index is 1030. The van der Waals surface area contributed by atoms with E-state index in [0.717, 1.165) is 12.8 Å². The number of aryl methyl sites for hydroxylation is 1. The number of nitrogen functional groups attached to an aromatic ring is 1. The van der Waals surface area contributed by atoms with Crippen molar-refractivity contribution in [1.82, 2.24) is 19.5 Å². The Hall–Kier alpha value is -2.59. The SMILES string of the molecule is CO[C@@H]1[C@H](O)[C@@H](COC2CCc3ccccc32)O[C@H]1n1cnc2c(N)ncnc21. The summed E-state index contributed by atoms with van der Waals surface area (Å²) >= 11 is 0. The van der Waals surface area contributed by atoms with E-state index in [-0.39, 0.29) is 12.7 Å². The first-order valence-corrected chi connectivity index (χ1v) is 9.66. The summed E-state index contributed by atoms with van der Waals surface area (Å²) in [7, 11) is 1.54. The molecule has 2 aromatic heterocycles. The normalized spacial score (nSPS) is 28.8. The van der Waals surface area contributed by atoms with Gasteiger partial charge >= 0.3 is 0 Å². The van der Waals surface area contributed by atoms with E-state index in [0.29, 0.717) is 17.0 Å². The Kier molecular flexibility index (Phi) is 4.67. The topological polar surface area (TPSA) is 118 Å². The molecule has 9 heteroatoms. The molecule has 9 nitrogen and oxygen atoms in total. The van der Waals surface area contributed by atoms with E-state index < -0.39 is 24.5 Å². The van der Waals surface area contributed by atoms with Gasteiger partial charge in [-0.3, -0.25) is 4.57 Å². The smallest absolute Gasteiger partial charge is 0.167 e. The van der Waals surface area contributed by atoms with Crippen molar-refractivity contribution in [2.75, 3.05) is 19.5 Å². The van der Waals surface area contributed by atoms with Crippen molar-refractivity contribution in [3.8, 4) is 0 Å². The van der Waals surface area contributed by atoms with Gasteiger partial charge in [0.05, 0.1) is 19.0 Å². The van der Waals surface area contributed by atoms with Crippen LogP contribution < -0.4 is 5.73 Å². The van der Waals surface area contributed by atoms with Crippen molar-refractivity contribution in [3.63, 3.8) is 0 Å². The number of nitrogens with zero attached hydrogens (tertiary/aromatic N) is 4. The molecule has 2 aliphatic rings. The van der Waals surface area contributed by atoms with Crippen LogP contribution in [0.5, 0.6) is 0 Å². The molecule has 3 heterocycles. The van der Waals surface area contributed by atoms with Crippen molar-refractivity contribution in [1.29, 1.82) is 0 Å². The Morgan fingerprint density at radius 3 is 3.00 bits per heavy atom. The van der Waals surface area contributed by atoms with Crippen LogP contribution >= 0.6 is 0 Å². The van der Waals surface area contributed by atoms with Gasteiger partial charge in [-0.1, -0.05) is 24.3 Å². The van der Waals surface area contributed by atoms with E-state index in [9.17, 15) is 5.11 Å². The van der Waals surface area contributed by atoms with Crippen molar-refractivity contribution < 1.29 is 19.3 Å². The average Bonchev–Trinajstić information content (AvgIpc) is 3.42. The number of anilines is 1. The zero-order valence-corrected chi connectivity index (χ0v) is 16.0. The first-order chi connectivity index (χ1) is 14.2. The van der Waals surface area contributed by atoms with Crippen LogP contribution in [0.2, 0.25) is 0 Å². The summed E-state index contributed by atoms with van der Waals surface area (Å²) in [6.45, 7) is 0.264. The minimum absolute atomic E-state index is 0.0173. The molecule has 29 heavy (non-hydrogen) atoms. The fourth-order valence-corrected chi connectivity index (χ4v) is 4.29. The average molecular weight is 397 g/mol. The van der Waals surface area contributed by atoms with Crippen LogP contribution in [-0.2, 0) is 20.6 Å². The molecule has 0 radical (unpaired) electrons. The Balaban J connectivity index is 1.34. The molecule has 5 rings (SSSR count). The Morgan fingerprint density at radius 2 is 2.14 bits per heavy atom. The van der Waals surface area contributed by atoms with Crippen molar-refractivity contribution in [2.24, 2.45) is 0 Å². The van der Waals surface area contributed by atoms with E-state index in [4.69, 9.17) is 19.9 Å². The number of fused-ring (bicyclic) bond motifs is 2. The number of hydrogen-bond acceptors (Lipinski definition) is 8. The number of methoxy groups -OCH3 is 1. The molecule has 1 aromatic carbocycles. The maximum absolute atomic E-state index is 10.8. The van der Waals surface area contributed by atoms with Gasteiger partial charge in [0.1, 0.15) is 30.2 Å². The van der Waals surface area contributed by atoms with Gasteiger partial charge in [-0.2, -0.15) is 0 Å². The van der Waals surface area contributed by atoms with E-state index in [1.54, 1.807) is 18.0 Å². The molecular weight excluding hydrogens is 374 g/mol. The minimum Gasteiger partial charge on any atom is -0.387 e. The van der Waals surface area contributed by atoms with Crippen molar-refractivity contribution >= 4 is 17.0 Å². The monoisotopic (exact) mass is 397 g/mol. The lowest BCUT2D eigenvalue weighted by Crippen LogP contribution is -2.35. The largest absolute Gasteiger partial charge is 0.387 e. The number of imidazole rings is 1. The number of hydrogen-bond donors (Lipinski definition) is 2. The number of aromatic nitrogens is 4. The first-order valence-electron chi connectivity index (χ1n) is 9.66. The summed E-state index contributed by atoms with van der Waals surface area (Å²) in [5.74, 6) is 0.293. The number of ether oxygens (including phenoxy) is 3. The predicted octanol–water partition coefficient (Wildman–Crippen LogP) is 1.39. The Labute approximate surface area is 167 Å². The van der Waals surface area contributed by atoms with Gasteiger partial charge in [0.25, 0.3) is 0 Å². The molecule has 0 saturated carbocycles. The van der Waals surface area contributed by atoms with Gasteiger partial charge in [0.15, 0.2) is 17.7 Å². The maximum atomic E-state index is 10.8. The quantitative estimate of drug-likeness (QED) is 0.663. The van der Waals surface area contributed by atoms with Crippen molar-refractivity contribution in [2.45, 2.75) is 43.5 Å². The molecule has 1 fully saturated rings. The van der Waals surface area contributed by atoms with Gasteiger partial charge < -0.3 is 25.1 Å². The van der Waals surface area contributed by atoms with E-state index in [1.165, 1.54) is 17.5 Å². The molecule has 0 spiro atoms. The fraction of sp³-hybridized carbons (Fsp3) is 0.450. The second kappa shape index (κ2) is 7.34. The van der Waals surface area contributed by atoms with Crippen LogP contribution in [0, 0.1) is 0 Å². The van der Waals surface area contributed by atoms with Gasteiger partial charge in [0.2, 0.25) is 0 Å². The minimum atomic E-state index is -0.849. The zero-order valence-electron chi connectivity index (χ0n) is 16.0. The molecule has 1 aliphatic carbocycles. The van der Waals surface area contributed by atoms with Crippen LogP contribution in [-0.4, -0.2) is 56.7 Å². The highest BCUT2D eigenvalue weighted by Crippen LogP contribution is 2.37. The van der Waals surface area contributed by atoms with E-state index >= 15 is 0 Å². The maximum Gasteiger partial charge on any atom is 0.167 e. The number of benzene rings is 1. The second-order valence-electron chi connectivity index (χ2n) is 7.40. The summed E-state index contributed by atoms with van der Waals surface area (Å²) in [6, 6.07) is 8.30. The lowest BCUT2D eigenvalue weighted by Gasteiger charge is -2.19. The van der Waals surface area contributed by atoms with Gasteiger partial charge in [-0.25, -0.2) is 15.0 Å². The highest BCUT2D eigenvalue weighted by Gasteiger charge is 2.46. The highest BCUT2D eigenvalue weighted by atomic mass is 16.6. The molecule has 1 aliphatic heterocycles. The van der Waals surface area contributed by atoms with Gasteiger partial charge in [0, 0.05) is 7.11 Å². The molecule has 5 atom stereocenters. The third kappa shape index (κ3) is 3.06. The van der Waals surface area contributed by atoms with Crippen LogP contribution in [0.3, 0.4) is 0 Å². The standard InChI is InChI=1S/C20H23N5O4/c1-27-17-16(26)14(8-28-13-7-6-11-4-2-3-5-12(11)13)29-20(17)25-10-24-15-18(21)22-9-23-19(15)25/h2-5,9-10,13-14,16-17,20,26H,6-8H2,1H3,(H2,21,22,23)/t13?,14-,16-,17-,20-/m1/s1. The molecule has 0 amide bonds. The number of rotatable bonds is 5. The Morgan fingerprint density at radius 1 is 1.28 bits per heavy atom. The van der Waals surface area contributed by atoms with Crippen LogP contribution in [0.4, 0.5) is 5.82 Å². The summed E-state index contributed by atoms with van der Waals surface area (Å²) in [5, 5.41) is 10.8. The second-order valence-corrected chi connectivity index (χ2v) is 7.40. The van der Waals surface area contributed by atoms with Crippen LogP contribution in [0.25, 0.3) is 11.2 Å². The molecule has 3 N–H and O–H groups in total. The molecular formula is C20H23N5O4. The summed E-state index contributed by atoms with van der Waals surface area (Å²) in [6.07, 6.45) is 2.33. The fourth-order valence-electron chi connectivity index (χ4n) is 4.29. The van der Waals surface area contributed by atoms with Crippen molar-refractivity contribution in [3.05, 3.63) is 48.0 Å². The summed E-state index contributed by atoms with van der Waals surface area (Å²) in [5.41, 5.74) is 9.43. The first kappa shape index (κ1) is 18.4. The zero-order chi connectivity index (χ0) is 20.0. The molecule has 1 saturated heterocycles. The van der Waals surface area contributed by atoms with Gasteiger partial charge in [-0.05, 0) is 24.0 Å². The molecule has 1 unspecified atom stereocenters. The lowest BCUT2D eigenvalue weighted by molar-refractivity contribution is -0.0827. The van der Waals surface area contributed by atoms with E-state index in [2.05, 4.69) is 27.1 Å².